The van der Waals surface area contributed by atoms with Crippen molar-refractivity contribution in [2.24, 2.45) is 17.8 Å². The molecule has 18 heavy (non-hydrogen) atoms. The Bertz CT molecular complexity index is 201. The summed E-state index contributed by atoms with van der Waals surface area (Å²) in [5, 5.41) is 3.60. The van der Waals surface area contributed by atoms with Crippen molar-refractivity contribution in [3.05, 3.63) is 0 Å². The number of nitrogens with one attached hydrogen (secondary N) is 1. The first-order valence-electron chi connectivity index (χ1n) is 7.47. The second-order valence-corrected chi connectivity index (χ2v) is 5.91. The molecular formula is C15H31NO2. The maximum atomic E-state index is 5.72. The minimum absolute atomic E-state index is 0.511. The molecule has 0 amide bonds. The first-order valence-corrected chi connectivity index (χ1v) is 7.47. The molecular weight excluding hydrogens is 226 g/mol. The van der Waals surface area contributed by atoms with Gasteiger partial charge >= 0.3 is 0 Å². The number of hydrogen-bond acceptors (Lipinski definition) is 3. The third-order valence-corrected chi connectivity index (χ3v) is 3.98. The fraction of sp³-hybridized carbons (Fsp3) is 1.00. The Kier molecular flexibility index (Phi) is 7.87. The molecule has 1 aliphatic carbocycles. The van der Waals surface area contributed by atoms with Crippen LogP contribution in [0.1, 0.15) is 40.0 Å². The van der Waals surface area contributed by atoms with Gasteiger partial charge in [0, 0.05) is 13.2 Å². The summed E-state index contributed by atoms with van der Waals surface area (Å²) < 4.78 is 10.7. The van der Waals surface area contributed by atoms with Crippen molar-refractivity contribution in [3.63, 3.8) is 0 Å². The lowest BCUT2D eigenvalue weighted by Crippen LogP contribution is -2.43. The van der Waals surface area contributed by atoms with Crippen LogP contribution in [0.5, 0.6) is 0 Å². The highest BCUT2D eigenvalue weighted by molar-refractivity contribution is 4.83. The second kappa shape index (κ2) is 8.89. The smallest absolute Gasteiger partial charge is 0.0701 e. The molecule has 108 valence electrons. The molecule has 1 aliphatic rings. The molecule has 0 spiro atoms. The summed E-state index contributed by atoms with van der Waals surface area (Å²) in [4.78, 5) is 0. The van der Waals surface area contributed by atoms with Crippen LogP contribution in [0.25, 0.3) is 0 Å². The van der Waals surface area contributed by atoms with Crippen molar-refractivity contribution >= 4 is 0 Å². The highest BCUT2D eigenvalue weighted by Gasteiger charge is 2.29. The molecule has 3 unspecified atom stereocenters. The van der Waals surface area contributed by atoms with Crippen LogP contribution < -0.4 is 5.32 Å². The molecule has 0 aliphatic heterocycles. The Morgan fingerprint density at radius 3 is 2.33 bits per heavy atom. The normalized spacial score (nSPS) is 30.3. The lowest BCUT2D eigenvalue weighted by atomic mass is 9.74. The first kappa shape index (κ1) is 15.9. The van der Waals surface area contributed by atoms with E-state index < -0.39 is 0 Å². The highest BCUT2D eigenvalue weighted by Crippen LogP contribution is 2.34. The van der Waals surface area contributed by atoms with Crippen LogP contribution >= 0.6 is 0 Å². The molecule has 0 aromatic heterocycles. The van der Waals surface area contributed by atoms with Crippen molar-refractivity contribution in [3.8, 4) is 0 Å². The maximum absolute atomic E-state index is 5.72. The molecule has 0 radical (unpaired) electrons. The Hall–Kier alpha value is -0.120. The lowest BCUT2D eigenvalue weighted by molar-refractivity contribution is 0.0387. The third kappa shape index (κ3) is 5.68. The lowest BCUT2D eigenvalue weighted by Gasteiger charge is -2.36. The van der Waals surface area contributed by atoms with Crippen molar-refractivity contribution < 1.29 is 9.47 Å². The molecule has 3 atom stereocenters. The zero-order chi connectivity index (χ0) is 13.4. The van der Waals surface area contributed by atoms with E-state index in [9.17, 15) is 0 Å². The quantitative estimate of drug-likeness (QED) is 0.678. The van der Waals surface area contributed by atoms with E-state index in [2.05, 4.69) is 26.1 Å². The fourth-order valence-corrected chi connectivity index (χ4v) is 3.31. The second-order valence-electron chi connectivity index (χ2n) is 5.91. The van der Waals surface area contributed by atoms with Gasteiger partial charge in [-0.2, -0.15) is 0 Å². The number of likely N-dealkylation sites (N-methyl/N-ethyl adjacent to an activating group) is 1. The van der Waals surface area contributed by atoms with E-state index in [4.69, 9.17) is 9.47 Å². The molecule has 0 bridgehead atoms. The Balaban J connectivity index is 2.38. The largest absolute Gasteiger partial charge is 0.382 e. The van der Waals surface area contributed by atoms with E-state index in [1.54, 1.807) is 7.11 Å². The van der Waals surface area contributed by atoms with Crippen LogP contribution in [-0.4, -0.2) is 39.5 Å². The van der Waals surface area contributed by atoms with E-state index in [-0.39, 0.29) is 0 Å². The number of hydrogen-bond donors (Lipinski definition) is 1. The minimum Gasteiger partial charge on any atom is -0.382 e. The Labute approximate surface area is 113 Å². The molecule has 3 nitrogen and oxygen atoms in total. The molecule has 1 saturated carbocycles. The van der Waals surface area contributed by atoms with Crippen LogP contribution in [0.2, 0.25) is 0 Å². The van der Waals surface area contributed by atoms with Gasteiger partial charge < -0.3 is 14.8 Å². The molecule has 0 heterocycles. The molecule has 0 saturated heterocycles. The van der Waals surface area contributed by atoms with Crippen LogP contribution in [0, 0.1) is 17.8 Å². The van der Waals surface area contributed by atoms with Gasteiger partial charge in [-0.1, -0.05) is 20.8 Å². The zero-order valence-electron chi connectivity index (χ0n) is 12.6. The standard InChI is InChI=1S/C15H31NO2/c1-5-16-15(11-18-7-6-17-4)14-9-12(2)8-13(3)10-14/h12-16H,5-11H2,1-4H3. The summed E-state index contributed by atoms with van der Waals surface area (Å²) >= 11 is 0. The Morgan fingerprint density at radius 1 is 1.11 bits per heavy atom. The zero-order valence-corrected chi connectivity index (χ0v) is 12.6. The SMILES string of the molecule is CCNC(COCCOC)C1CC(C)CC(C)C1. The molecule has 3 heteroatoms. The fourth-order valence-electron chi connectivity index (χ4n) is 3.31. The number of ether oxygens (including phenoxy) is 2. The van der Waals surface area contributed by atoms with Gasteiger partial charge in [0.05, 0.1) is 19.8 Å². The van der Waals surface area contributed by atoms with E-state index in [1.807, 2.05) is 0 Å². The first-order chi connectivity index (χ1) is 8.67. The van der Waals surface area contributed by atoms with Crippen LogP contribution in [0.15, 0.2) is 0 Å². The monoisotopic (exact) mass is 257 g/mol. The predicted molar refractivity (Wildman–Crippen MR) is 75.8 cm³/mol. The van der Waals surface area contributed by atoms with E-state index in [1.165, 1.54) is 19.3 Å². The average Bonchev–Trinajstić information content (AvgIpc) is 2.32. The van der Waals surface area contributed by atoms with Gasteiger partial charge in [-0.25, -0.2) is 0 Å². The maximum Gasteiger partial charge on any atom is 0.0701 e. The van der Waals surface area contributed by atoms with Gasteiger partial charge in [0.15, 0.2) is 0 Å². The van der Waals surface area contributed by atoms with Crippen molar-refractivity contribution in [1.29, 1.82) is 0 Å². The molecule has 1 fully saturated rings. The molecule has 0 aromatic carbocycles. The van der Waals surface area contributed by atoms with E-state index in [0.29, 0.717) is 19.3 Å². The van der Waals surface area contributed by atoms with Gasteiger partial charge in [-0.3, -0.25) is 0 Å². The van der Waals surface area contributed by atoms with Crippen molar-refractivity contribution in [2.45, 2.75) is 46.1 Å². The Morgan fingerprint density at radius 2 is 1.78 bits per heavy atom. The van der Waals surface area contributed by atoms with Gasteiger partial charge in [0.2, 0.25) is 0 Å². The van der Waals surface area contributed by atoms with E-state index in [0.717, 1.165) is 30.9 Å². The van der Waals surface area contributed by atoms with Crippen LogP contribution in [0.3, 0.4) is 0 Å². The summed E-state index contributed by atoms with van der Waals surface area (Å²) in [7, 11) is 1.72. The van der Waals surface area contributed by atoms with Crippen molar-refractivity contribution in [1.82, 2.24) is 5.32 Å². The van der Waals surface area contributed by atoms with E-state index >= 15 is 0 Å². The summed E-state index contributed by atoms with van der Waals surface area (Å²) in [5.74, 6) is 2.49. The number of methoxy groups -OCH3 is 1. The summed E-state index contributed by atoms with van der Waals surface area (Å²) in [6.07, 6.45) is 4.07. The van der Waals surface area contributed by atoms with Gasteiger partial charge in [-0.05, 0) is 43.6 Å². The van der Waals surface area contributed by atoms with Gasteiger partial charge in [0.1, 0.15) is 0 Å². The third-order valence-electron chi connectivity index (χ3n) is 3.98. The van der Waals surface area contributed by atoms with Crippen LogP contribution in [0.4, 0.5) is 0 Å². The van der Waals surface area contributed by atoms with Crippen molar-refractivity contribution in [2.75, 3.05) is 33.5 Å². The molecule has 0 aromatic rings. The summed E-state index contributed by atoms with van der Waals surface area (Å²) in [6, 6.07) is 0.511. The number of rotatable bonds is 8. The summed E-state index contributed by atoms with van der Waals surface area (Å²) in [5.41, 5.74) is 0. The summed E-state index contributed by atoms with van der Waals surface area (Å²) in [6.45, 7) is 10.2. The average molecular weight is 257 g/mol. The van der Waals surface area contributed by atoms with Crippen LogP contribution in [-0.2, 0) is 9.47 Å². The highest BCUT2D eigenvalue weighted by atomic mass is 16.5. The van der Waals surface area contributed by atoms with Gasteiger partial charge in [0.25, 0.3) is 0 Å². The van der Waals surface area contributed by atoms with Gasteiger partial charge in [-0.15, -0.1) is 0 Å². The molecule has 1 N–H and O–H groups in total. The molecule has 1 rings (SSSR count). The minimum atomic E-state index is 0.511. The topological polar surface area (TPSA) is 30.5 Å². The predicted octanol–water partition coefficient (Wildman–Crippen LogP) is 2.70.